The van der Waals surface area contributed by atoms with Gasteiger partial charge in [0.2, 0.25) is 0 Å². The Morgan fingerprint density at radius 3 is 2.38 bits per heavy atom. The molecule has 1 saturated carbocycles. The molecular weight excluding hydrogens is 360 g/mol. The number of hydrogen-bond donors (Lipinski definition) is 1. The number of para-hydroxylation sites is 1. The van der Waals surface area contributed by atoms with Crippen molar-refractivity contribution in [2.45, 2.75) is 31.7 Å². The van der Waals surface area contributed by atoms with E-state index in [1.54, 1.807) is 10.8 Å². The van der Waals surface area contributed by atoms with Crippen LogP contribution in [0.1, 0.15) is 31.2 Å². The number of carbonyl (C=O) groups is 1. The lowest BCUT2D eigenvalue weighted by Gasteiger charge is -2.10. The normalized spacial score (nSPS) is 14.5. The van der Waals surface area contributed by atoms with Crippen LogP contribution in [0.4, 0.5) is 0 Å². The molecular formula is C24H22N4O. The summed E-state index contributed by atoms with van der Waals surface area (Å²) in [5.74, 6) is -0.314. The number of nitrogens with one attached hydrogen (secondary N) is 1. The van der Waals surface area contributed by atoms with Gasteiger partial charge in [-0.1, -0.05) is 61.4 Å². The Hall–Kier alpha value is -3.65. The number of hydrogen-bond acceptors (Lipinski definition) is 3. The van der Waals surface area contributed by atoms with E-state index in [1.165, 1.54) is 0 Å². The molecule has 1 aliphatic rings. The van der Waals surface area contributed by atoms with Crippen LogP contribution >= 0.6 is 0 Å². The van der Waals surface area contributed by atoms with Crippen molar-refractivity contribution >= 4 is 12.0 Å². The predicted octanol–water partition coefficient (Wildman–Crippen LogP) is 4.51. The summed E-state index contributed by atoms with van der Waals surface area (Å²) in [7, 11) is 0. The zero-order valence-electron chi connectivity index (χ0n) is 16.1. The highest BCUT2D eigenvalue weighted by Crippen LogP contribution is 2.26. The SMILES string of the molecule is N#C/C(=C\c1cn(-c2ccccc2)nc1-c1ccccc1)C(=O)NC1CCCC1. The molecule has 0 bridgehead atoms. The lowest BCUT2D eigenvalue weighted by atomic mass is 10.1. The average Bonchev–Trinajstić information content (AvgIpc) is 3.43. The van der Waals surface area contributed by atoms with E-state index >= 15 is 0 Å². The Morgan fingerprint density at radius 1 is 1.07 bits per heavy atom. The van der Waals surface area contributed by atoms with Crippen molar-refractivity contribution in [2.75, 3.05) is 0 Å². The monoisotopic (exact) mass is 382 g/mol. The van der Waals surface area contributed by atoms with Crippen molar-refractivity contribution in [3.05, 3.63) is 78.0 Å². The van der Waals surface area contributed by atoms with Crippen molar-refractivity contribution in [1.29, 1.82) is 5.26 Å². The number of rotatable bonds is 5. The van der Waals surface area contributed by atoms with Gasteiger partial charge in [-0.15, -0.1) is 0 Å². The summed E-state index contributed by atoms with van der Waals surface area (Å²) in [4.78, 5) is 12.6. The summed E-state index contributed by atoms with van der Waals surface area (Å²) in [6.45, 7) is 0. The van der Waals surface area contributed by atoms with Gasteiger partial charge < -0.3 is 5.32 Å². The zero-order chi connectivity index (χ0) is 20.1. The van der Waals surface area contributed by atoms with E-state index in [2.05, 4.69) is 11.4 Å². The van der Waals surface area contributed by atoms with E-state index in [4.69, 9.17) is 5.10 Å². The Morgan fingerprint density at radius 2 is 1.72 bits per heavy atom. The molecule has 0 atom stereocenters. The summed E-state index contributed by atoms with van der Waals surface area (Å²) in [6.07, 6.45) is 7.70. The Bertz CT molecular complexity index is 1060. The topological polar surface area (TPSA) is 70.7 Å². The molecule has 0 radical (unpaired) electrons. The highest BCUT2D eigenvalue weighted by Gasteiger charge is 2.20. The molecule has 144 valence electrons. The van der Waals surface area contributed by atoms with Gasteiger partial charge in [0.15, 0.2) is 0 Å². The number of nitrogens with zero attached hydrogens (tertiary/aromatic N) is 3. The number of aromatic nitrogens is 2. The Labute approximate surface area is 170 Å². The average molecular weight is 382 g/mol. The predicted molar refractivity (Wildman–Crippen MR) is 113 cm³/mol. The number of benzene rings is 2. The Balaban J connectivity index is 1.72. The maximum Gasteiger partial charge on any atom is 0.262 e. The van der Waals surface area contributed by atoms with Crippen molar-refractivity contribution in [1.82, 2.24) is 15.1 Å². The number of nitriles is 1. The molecule has 1 heterocycles. The molecule has 1 amide bonds. The molecule has 3 aromatic rings. The second-order valence-corrected chi connectivity index (χ2v) is 7.20. The smallest absolute Gasteiger partial charge is 0.262 e. The van der Waals surface area contributed by atoms with Gasteiger partial charge in [0.25, 0.3) is 5.91 Å². The van der Waals surface area contributed by atoms with Gasteiger partial charge in [-0.05, 0) is 31.1 Å². The first kappa shape index (κ1) is 18.7. The van der Waals surface area contributed by atoms with Gasteiger partial charge >= 0.3 is 0 Å². The lowest BCUT2D eigenvalue weighted by molar-refractivity contribution is -0.117. The maximum atomic E-state index is 12.6. The second kappa shape index (κ2) is 8.57. The minimum atomic E-state index is -0.314. The zero-order valence-corrected chi connectivity index (χ0v) is 16.1. The quantitative estimate of drug-likeness (QED) is 0.521. The maximum absolute atomic E-state index is 12.6. The summed E-state index contributed by atoms with van der Waals surface area (Å²) in [6, 6.07) is 21.8. The fraction of sp³-hybridized carbons (Fsp3) is 0.208. The van der Waals surface area contributed by atoms with Crippen LogP contribution < -0.4 is 5.32 Å². The summed E-state index contributed by atoms with van der Waals surface area (Å²) < 4.78 is 1.78. The largest absolute Gasteiger partial charge is 0.349 e. The molecule has 0 aliphatic heterocycles. The summed E-state index contributed by atoms with van der Waals surface area (Å²) in [5, 5.41) is 17.3. The van der Waals surface area contributed by atoms with Crippen LogP contribution in [0.5, 0.6) is 0 Å². The van der Waals surface area contributed by atoms with Crippen molar-refractivity contribution in [3.63, 3.8) is 0 Å². The molecule has 5 nitrogen and oxygen atoms in total. The molecule has 29 heavy (non-hydrogen) atoms. The van der Waals surface area contributed by atoms with E-state index in [1.807, 2.05) is 66.9 Å². The van der Waals surface area contributed by atoms with Gasteiger partial charge in [0.1, 0.15) is 11.6 Å². The minimum Gasteiger partial charge on any atom is -0.349 e. The first-order valence-electron chi connectivity index (χ1n) is 9.88. The number of carbonyl (C=O) groups excluding carboxylic acids is 1. The molecule has 0 saturated heterocycles. The van der Waals surface area contributed by atoms with Crippen LogP contribution in [0.2, 0.25) is 0 Å². The van der Waals surface area contributed by atoms with Gasteiger partial charge in [0.05, 0.1) is 11.4 Å². The number of amides is 1. The van der Waals surface area contributed by atoms with E-state index in [0.717, 1.165) is 48.2 Å². The van der Waals surface area contributed by atoms with Crippen LogP contribution in [-0.4, -0.2) is 21.7 Å². The van der Waals surface area contributed by atoms with E-state index < -0.39 is 0 Å². The molecule has 2 aromatic carbocycles. The fourth-order valence-electron chi connectivity index (χ4n) is 3.66. The molecule has 1 aliphatic carbocycles. The first-order valence-corrected chi connectivity index (χ1v) is 9.88. The lowest BCUT2D eigenvalue weighted by Crippen LogP contribution is -2.33. The molecule has 1 N–H and O–H groups in total. The first-order chi connectivity index (χ1) is 14.2. The van der Waals surface area contributed by atoms with E-state index in [-0.39, 0.29) is 17.5 Å². The molecule has 0 spiro atoms. The summed E-state index contributed by atoms with van der Waals surface area (Å²) >= 11 is 0. The van der Waals surface area contributed by atoms with Crippen LogP contribution in [0.25, 0.3) is 23.0 Å². The van der Waals surface area contributed by atoms with Crippen LogP contribution in [0.3, 0.4) is 0 Å². The molecule has 0 unspecified atom stereocenters. The Kier molecular flexibility index (Phi) is 5.53. The third-order valence-electron chi connectivity index (χ3n) is 5.17. The third-order valence-corrected chi connectivity index (χ3v) is 5.17. The van der Waals surface area contributed by atoms with Crippen molar-refractivity contribution < 1.29 is 4.79 Å². The van der Waals surface area contributed by atoms with Gasteiger partial charge in [-0.2, -0.15) is 10.4 Å². The highest BCUT2D eigenvalue weighted by molar-refractivity contribution is 6.02. The van der Waals surface area contributed by atoms with Crippen LogP contribution in [0, 0.1) is 11.3 Å². The van der Waals surface area contributed by atoms with Crippen molar-refractivity contribution in [3.8, 4) is 23.0 Å². The van der Waals surface area contributed by atoms with Crippen molar-refractivity contribution in [2.24, 2.45) is 0 Å². The van der Waals surface area contributed by atoms with Gasteiger partial charge in [-0.25, -0.2) is 4.68 Å². The van der Waals surface area contributed by atoms with Crippen LogP contribution in [-0.2, 0) is 4.79 Å². The fourth-order valence-corrected chi connectivity index (χ4v) is 3.66. The minimum absolute atomic E-state index is 0.0988. The molecule has 5 heteroatoms. The second-order valence-electron chi connectivity index (χ2n) is 7.20. The van der Waals surface area contributed by atoms with Gasteiger partial charge in [0, 0.05) is 23.4 Å². The van der Waals surface area contributed by atoms with Gasteiger partial charge in [-0.3, -0.25) is 4.79 Å². The molecule has 4 rings (SSSR count). The van der Waals surface area contributed by atoms with Crippen LogP contribution in [0.15, 0.2) is 72.4 Å². The van der Waals surface area contributed by atoms with E-state index in [9.17, 15) is 10.1 Å². The highest BCUT2D eigenvalue weighted by atomic mass is 16.1. The molecule has 1 fully saturated rings. The third kappa shape index (κ3) is 4.27. The molecule has 1 aromatic heterocycles. The standard InChI is InChI=1S/C24H22N4O/c25-16-19(24(29)26-21-11-7-8-12-21)15-20-17-28(22-13-5-2-6-14-22)27-23(20)18-9-3-1-4-10-18/h1-6,9-10,13-15,17,21H,7-8,11-12H2,(H,26,29)/b19-15+. The van der Waals surface area contributed by atoms with E-state index in [0.29, 0.717) is 0 Å². The summed E-state index contributed by atoms with van der Waals surface area (Å²) in [5.41, 5.74) is 3.41.